The Morgan fingerprint density at radius 3 is 2.61 bits per heavy atom. The van der Waals surface area contributed by atoms with Crippen molar-refractivity contribution in [2.75, 3.05) is 17.7 Å². The Bertz CT molecular complexity index is 1310. The lowest BCUT2D eigenvalue weighted by molar-refractivity contribution is -0.113. The molecule has 1 saturated carbocycles. The van der Waals surface area contributed by atoms with Crippen LogP contribution in [0.2, 0.25) is 0 Å². The Hall–Kier alpha value is -3.14. The smallest absolute Gasteiger partial charge is 0.332 e. The fourth-order valence-electron chi connectivity index (χ4n) is 4.09. The number of ether oxygens (including phenoxy) is 1. The van der Waals surface area contributed by atoms with Crippen molar-refractivity contribution < 1.29 is 9.53 Å². The molecule has 2 heterocycles. The summed E-state index contributed by atoms with van der Waals surface area (Å²) in [7, 11) is 3.03. The van der Waals surface area contributed by atoms with E-state index >= 15 is 0 Å². The maximum atomic E-state index is 12.9. The highest BCUT2D eigenvalue weighted by molar-refractivity contribution is 8.00. The van der Waals surface area contributed by atoms with Gasteiger partial charge in [0, 0.05) is 20.0 Å². The lowest BCUT2D eigenvalue weighted by atomic mass is 10.1. The number of hydrogen-bond donors (Lipinski definition) is 1. The molecule has 2 aromatic heterocycles. The summed E-state index contributed by atoms with van der Waals surface area (Å²) in [6.07, 6.45) is 4.16. The molecule has 9 nitrogen and oxygen atoms in total. The largest absolute Gasteiger partial charge is 0.492 e. The number of benzene rings is 1. The summed E-state index contributed by atoms with van der Waals surface area (Å²) in [4.78, 5) is 47.5. The van der Waals surface area contributed by atoms with Crippen molar-refractivity contribution in [1.82, 2.24) is 19.1 Å². The molecule has 1 aromatic carbocycles. The number of aromatic nitrogens is 4. The van der Waals surface area contributed by atoms with Crippen molar-refractivity contribution in [2.24, 2.45) is 14.1 Å². The molecule has 0 atom stereocenters. The Kier molecular flexibility index (Phi) is 6.83. The number of fused-ring (bicyclic) bond motifs is 1. The third-order valence-corrected chi connectivity index (χ3v) is 6.78. The van der Waals surface area contributed by atoms with Gasteiger partial charge in [0.05, 0.1) is 18.0 Å². The number of amides is 1. The molecule has 4 rings (SSSR count). The molecular weight excluding hydrogens is 442 g/mol. The predicted octanol–water partition coefficient (Wildman–Crippen LogP) is 2.81. The lowest BCUT2D eigenvalue weighted by Gasteiger charge is -2.15. The molecule has 1 amide bonds. The second-order valence-electron chi connectivity index (χ2n) is 8.04. The van der Waals surface area contributed by atoms with Crippen molar-refractivity contribution in [3.63, 3.8) is 0 Å². The van der Waals surface area contributed by atoms with Crippen molar-refractivity contribution in [3.8, 4) is 5.75 Å². The van der Waals surface area contributed by atoms with Crippen LogP contribution in [-0.4, -0.2) is 37.4 Å². The number of thioether (sulfide) groups is 1. The monoisotopic (exact) mass is 469 g/mol. The molecule has 33 heavy (non-hydrogen) atoms. The van der Waals surface area contributed by atoms with Gasteiger partial charge in [-0.25, -0.2) is 14.8 Å². The van der Waals surface area contributed by atoms with E-state index in [0.717, 1.165) is 30.3 Å². The van der Waals surface area contributed by atoms with Crippen LogP contribution in [-0.2, 0) is 18.9 Å². The standard InChI is InChI=1S/C23H27N5O4S/c1-4-32-16-12-8-7-11-15(16)24-17(29)13-33-21-18-20(27(2)23(31)28(3)22(18)30)25-19(26-21)14-9-5-6-10-14/h7-8,11-12,14H,4-6,9-10,13H2,1-3H3,(H,24,29). The van der Waals surface area contributed by atoms with Gasteiger partial charge < -0.3 is 10.1 Å². The number of para-hydroxylation sites is 2. The molecule has 174 valence electrons. The first-order chi connectivity index (χ1) is 15.9. The first kappa shape index (κ1) is 23.0. The summed E-state index contributed by atoms with van der Waals surface area (Å²) >= 11 is 1.17. The molecule has 0 saturated heterocycles. The summed E-state index contributed by atoms with van der Waals surface area (Å²) in [6, 6.07) is 7.23. The van der Waals surface area contributed by atoms with E-state index in [1.165, 1.54) is 23.4 Å². The third kappa shape index (κ3) is 4.66. The maximum Gasteiger partial charge on any atom is 0.332 e. The highest BCUT2D eigenvalue weighted by Gasteiger charge is 2.24. The number of hydrogen-bond acceptors (Lipinski definition) is 7. The van der Waals surface area contributed by atoms with E-state index in [0.29, 0.717) is 34.5 Å². The number of anilines is 1. The highest BCUT2D eigenvalue weighted by atomic mass is 32.2. The van der Waals surface area contributed by atoms with Gasteiger partial charge in [-0.15, -0.1) is 0 Å². The lowest BCUT2D eigenvalue weighted by Crippen LogP contribution is -2.38. The number of rotatable bonds is 7. The van der Waals surface area contributed by atoms with Crippen molar-refractivity contribution >= 4 is 34.4 Å². The minimum Gasteiger partial charge on any atom is -0.492 e. The number of nitrogens with zero attached hydrogens (tertiary/aromatic N) is 4. The Balaban J connectivity index is 1.67. The van der Waals surface area contributed by atoms with E-state index in [4.69, 9.17) is 9.72 Å². The molecule has 10 heteroatoms. The predicted molar refractivity (Wildman–Crippen MR) is 128 cm³/mol. The first-order valence-corrected chi connectivity index (χ1v) is 12.0. The van der Waals surface area contributed by atoms with Gasteiger partial charge in [-0.2, -0.15) is 0 Å². The number of nitrogens with one attached hydrogen (secondary N) is 1. The molecule has 0 aliphatic heterocycles. The van der Waals surface area contributed by atoms with Crippen LogP contribution >= 0.6 is 11.8 Å². The van der Waals surface area contributed by atoms with Crippen molar-refractivity contribution in [3.05, 3.63) is 50.9 Å². The van der Waals surface area contributed by atoms with Crippen LogP contribution in [0.5, 0.6) is 5.75 Å². The molecule has 1 aliphatic carbocycles. The highest BCUT2D eigenvalue weighted by Crippen LogP contribution is 2.34. The first-order valence-electron chi connectivity index (χ1n) is 11.0. The van der Waals surface area contributed by atoms with Crippen molar-refractivity contribution in [1.29, 1.82) is 0 Å². The second-order valence-corrected chi connectivity index (χ2v) is 9.00. The van der Waals surface area contributed by atoms with Crippen LogP contribution in [0, 0.1) is 0 Å². The topological polar surface area (TPSA) is 108 Å². The number of carbonyl (C=O) groups is 1. The minimum absolute atomic E-state index is 0.0443. The fourth-order valence-corrected chi connectivity index (χ4v) is 4.91. The zero-order valence-corrected chi connectivity index (χ0v) is 19.8. The molecule has 1 fully saturated rings. The average molecular weight is 470 g/mol. The zero-order chi connectivity index (χ0) is 23.5. The quantitative estimate of drug-likeness (QED) is 0.419. The summed E-state index contributed by atoms with van der Waals surface area (Å²) in [6.45, 7) is 2.37. The molecule has 0 spiro atoms. The van der Waals surface area contributed by atoms with Gasteiger partial charge in [-0.3, -0.25) is 18.7 Å². The molecule has 0 radical (unpaired) electrons. The van der Waals surface area contributed by atoms with Gasteiger partial charge in [0.1, 0.15) is 22.0 Å². The second kappa shape index (κ2) is 9.78. The van der Waals surface area contributed by atoms with Crippen LogP contribution in [0.3, 0.4) is 0 Å². The van der Waals surface area contributed by atoms with Crippen LogP contribution in [0.15, 0.2) is 38.9 Å². The SMILES string of the molecule is CCOc1ccccc1NC(=O)CSc1nc(C2CCCC2)nc2c1c(=O)n(C)c(=O)n2C. The normalized spacial score (nSPS) is 14.0. The molecule has 0 bridgehead atoms. The van der Waals surface area contributed by atoms with Crippen LogP contribution in [0.4, 0.5) is 5.69 Å². The van der Waals surface area contributed by atoms with E-state index < -0.39 is 11.2 Å². The molecule has 0 unspecified atom stereocenters. The van der Waals surface area contributed by atoms with E-state index in [1.54, 1.807) is 19.2 Å². The number of carbonyl (C=O) groups excluding carboxylic acids is 1. The third-order valence-electron chi connectivity index (χ3n) is 5.81. The van der Waals surface area contributed by atoms with Gasteiger partial charge in [-0.05, 0) is 31.9 Å². The van der Waals surface area contributed by atoms with Gasteiger partial charge in [0.2, 0.25) is 5.91 Å². The minimum atomic E-state index is -0.462. The fraction of sp³-hybridized carbons (Fsp3) is 0.435. The summed E-state index contributed by atoms with van der Waals surface area (Å²) in [5, 5.41) is 3.54. The Morgan fingerprint density at radius 1 is 1.15 bits per heavy atom. The van der Waals surface area contributed by atoms with Crippen LogP contribution < -0.4 is 21.3 Å². The molecule has 1 aliphatic rings. The Labute approximate surface area is 195 Å². The van der Waals surface area contributed by atoms with Gasteiger partial charge in [-0.1, -0.05) is 36.7 Å². The zero-order valence-electron chi connectivity index (χ0n) is 19.0. The van der Waals surface area contributed by atoms with E-state index in [-0.39, 0.29) is 23.0 Å². The van der Waals surface area contributed by atoms with Crippen LogP contribution in [0.1, 0.15) is 44.3 Å². The van der Waals surface area contributed by atoms with E-state index in [2.05, 4.69) is 10.3 Å². The number of aryl methyl sites for hydroxylation is 1. The Morgan fingerprint density at radius 2 is 1.88 bits per heavy atom. The maximum absolute atomic E-state index is 12.9. The summed E-state index contributed by atoms with van der Waals surface area (Å²) in [5.41, 5.74) is -0.00693. The van der Waals surface area contributed by atoms with Gasteiger partial charge in [0.25, 0.3) is 5.56 Å². The van der Waals surface area contributed by atoms with Crippen molar-refractivity contribution in [2.45, 2.75) is 43.6 Å². The van der Waals surface area contributed by atoms with Gasteiger partial charge >= 0.3 is 5.69 Å². The summed E-state index contributed by atoms with van der Waals surface area (Å²) in [5.74, 6) is 1.22. The summed E-state index contributed by atoms with van der Waals surface area (Å²) < 4.78 is 7.99. The molecular formula is C23H27N5O4S. The van der Waals surface area contributed by atoms with Gasteiger partial charge in [0.15, 0.2) is 5.65 Å². The van der Waals surface area contributed by atoms with E-state index in [9.17, 15) is 14.4 Å². The van der Waals surface area contributed by atoms with Crippen LogP contribution in [0.25, 0.3) is 11.0 Å². The molecule has 3 aromatic rings. The average Bonchev–Trinajstić information content (AvgIpc) is 3.36. The van der Waals surface area contributed by atoms with E-state index in [1.807, 2.05) is 19.1 Å². The molecule has 1 N–H and O–H groups in total.